The van der Waals surface area contributed by atoms with Crippen LogP contribution in [0.3, 0.4) is 0 Å². The Kier molecular flexibility index (Phi) is 5.22. The Bertz CT molecular complexity index is 99.4. The van der Waals surface area contributed by atoms with Gasteiger partial charge in [0.2, 0.25) is 0 Å². The van der Waals surface area contributed by atoms with Gasteiger partial charge in [0.05, 0.1) is 6.61 Å². The molecule has 0 aromatic rings. The summed E-state index contributed by atoms with van der Waals surface area (Å²) < 4.78 is 4.85. The summed E-state index contributed by atoms with van der Waals surface area (Å²) in [5.74, 6) is 0.384. The third kappa shape index (κ3) is 3.62. The van der Waals surface area contributed by atoms with Crippen molar-refractivity contribution in [2.45, 2.75) is 26.7 Å². The van der Waals surface area contributed by atoms with Crippen molar-refractivity contribution in [3.8, 4) is 0 Å². The summed E-state index contributed by atoms with van der Waals surface area (Å²) in [5, 5.41) is 0. The Morgan fingerprint density at radius 3 is 2.60 bits per heavy atom. The highest BCUT2D eigenvalue weighted by atomic mass is 16.5. The van der Waals surface area contributed by atoms with Crippen molar-refractivity contribution in [2.75, 3.05) is 13.7 Å². The second-order valence-corrected chi connectivity index (χ2v) is 2.57. The standard InChI is InChI=1S/C8H16O2/c1-4-5-8(9)7(2)6-10-3/h7H,4-6H2,1-3H3. The van der Waals surface area contributed by atoms with Gasteiger partial charge < -0.3 is 4.74 Å². The van der Waals surface area contributed by atoms with Crippen molar-refractivity contribution in [1.82, 2.24) is 0 Å². The first-order valence-electron chi connectivity index (χ1n) is 3.74. The molecule has 0 aliphatic heterocycles. The molecule has 0 aromatic heterocycles. The molecular formula is C8H16O2. The lowest BCUT2D eigenvalue weighted by atomic mass is 10.0. The lowest BCUT2D eigenvalue weighted by Crippen LogP contribution is -2.15. The monoisotopic (exact) mass is 144 g/mol. The van der Waals surface area contributed by atoms with Crippen molar-refractivity contribution >= 4 is 5.78 Å². The van der Waals surface area contributed by atoms with Crippen molar-refractivity contribution in [1.29, 1.82) is 0 Å². The molecule has 2 heteroatoms. The van der Waals surface area contributed by atoms with Crippen LogP contribution in [0.15, 0.2) is 0 Å². The van der Waals surface area contributed by atoms with Crippen LogP contribution >= 0.6 is 0 Å². The van der Waals surface area contributed by atoms with Gasteiger partial charge in [0, 0.05) is 19.4 Å². The maximum Gasteiger partial charge on any atom is 0.137 e. The molecule has 2 nitrogen and oxygen atoms in total. The number of hydrogen-bond donors (Lipinski definition) is 0. The van der Waals surface area contributed by atoms with Gasteiger partial charge in [0.15, 0.2) is 0 Å². The number of carbonyl (C=O) groups is 1. The molecule has 0 rings (SSSR count). The SMILES string of the molecule is CCCC(=O)C(C)COC. The summed E-state index contributed by atoms with van der Waals surface area (Å²) in [5.41, 5.74) is 0. The summed E-state index contributed by atoms with van der Waals surface area (Å²) in [4.78, 5) is 11.1. The van der Waals surface area contributed by atoms with E-state index in [1.165, 1.54) is 0 Å². The van der Waals surface area contributed by atoms with Gasteiger partial charge in [-0.1, -0.05) is 13.8 Å². The second kappa shape index (κ2) is 5.42. The average Bonchev–Trinajstić information content (AvgIpc) is 1.89. The van der Waals surface area contributed by atoms with E-state index in [1.807, 2.05) is 13.8 Å². The van der Waals surface area contributed by atoms with E-state index in [-0.39, 0.29) is 5.92 Å². The number of rotatable bonds is 5. The van der Waals surface area contributed by atoms with Crippen LogP contribution in [0.1, 0.15) is 26.7 Å². The van der Waals surface area contributed by atoms with Crippen LogP contribution < -0.4 is 0 Å². The summed E-state index contributed by atoms with van der Waals surface area (Å²) in [6.45, 7) is 4.47. The molecule has 1 unspecified atom stereocenters. The number of hydrogen-bond acceptors (Lipinski definition) is 2. The van der Waals surface area contributed by atoms with Gasteiger partial charge in [-0.15, -0.1) is 0 Å². The Morgan fingerprint density at radius 2 is 2.20 bits per heavy atom. The predicted molar refractivity (Wildman–Crippen MR) is 41.0 cm³/mol. The van der Waals surface area contributed by atoms with Gasteiger partial charge in [-0.2, -0.15) is 0 Å². The first kappa shape index (κ1) is 9.63. The fraction of sp³-hybridized carbons (Fsp3) is 0.875. The van der Waals surface area contributed by atoms with Gasteiger partial charge in [-0.05, 0) is 6.42 Å². The van der Waals surface area contributed by atoms with E-state index in [0.717, 1.165) is 6.42 Å². The minimum atomic E-state index is 0.0740. The number of ether oxygens (including phenoxy) is 1. The number of methoxy groups -OCH3 is 1. The lowest BCUT2D eigenvalue weighted by Gasteiger charge is -2.06. The molecule has 0 aromatic carbocycles. The minimum absolute atomic E-state index is 0.0740. The number of ketones is 1. The molecular weight excluding hydrogens is 128 g/mol. The molecule has 0 radical (unpaired) electrons. The van der Waals surface area contributed by atoms with E-state index in [2.05, 4.69) is 0 Å². The molecule has 0 amide bonds. The van der Waals surface area contributed by atoms with E-state index < -0.39 is 0 Å². The maximum atomic E-state index is 11.1. The highest BCUT2D eigenvalue weighted by Gasteiger charge is 2.10. The first-order valence-corrected chi connectivity index (χ1v) is 3.74. The van der Waals surface area contributed by atoms with Crippen LogP contribution in [0.25, 0.3) is 0 Å². The molecule has 0 saturated carbocycles. The van der Waals surface area contributed by atoms with E-state index in [9.17, 15) is 4.79 Å². The van der Waals surface area contributed by atoms with Crippen molar-refractivity contribution < 1.29 is 9.53 Å². The average molecular weight is 144 g/mol. The van der Waals surface area contributed by atoms with Crippen LogP contribution in [0.4, 0.5) is 0 Å². The lowest BCUT2D eigenvalue weighted by molar-refractivity contribution is -0.123. The van der Waals surface area contributed by atoms with Gasteiger partial charge in [-0.3, -0.25) is 4.79 Å². The Labute approximate surface area is 62.6 Å². The van der Waals surface area contributed by atoms with E-state index in [0.29, 0.717) is 18.8 Å². The van der Waals surface area contributed by atoms with Crippen LogP contribution in [-0.4, -0.2) is 19.5 Å². The number of carbonyl (C=O) groups excluding carboxylic acids is 1. The minimum Gasteiger partial charge on any atom is -0.384 e. The highest BCUT2D eigenvalue weighted by molar-refractivity contribution is 5.80. The molecule has 0 saturated heterocycles. The van der Waals surface area contributed by atoms with Gasteiger partial charge in [0.25, 0.3) is 0 Å². The molecule has 0 aliphatic rings. The highest BCUT2D eigenvalue weighted by Crippen LogP contribution is 2.02. The quantitative estimate of drug-likeness (QED) is 0.586. The topological polar surface area (TPSA) is 26.3 Å². The van der Waals surface area contributed by atoms with Crippen LogP contribution in [0.5, 0.6) is 0 Å². The first-order chi connectivity index (χ1) is 4.72. The summed E-state index contributed by atoms with van der Waals surface area (Å²) in [6, 6.07) is 0. The van der Waals surface area contributed by atoms with Crippen molar-refractivity contribution in [3.05, 3.63) is 0 Å². The molecule has 0 N–H and O–H groups in total. The molecule has 0 heterocycles. The number of Topliss-reactive ketones (excluding diaryl/α,β-unsaturated/α-hetero) is 1. The van der Waals surface area contributed by atoms with Gasteiger partial charge >= 0.3 is 0 Å². The summed E-state index contributed by atoms with van der Waals surface area (Å²) in [7, 11) is 1.62. The normalized spacial score (nSPS) is 13.1. The summed E-state index contributed by atoms with van der Waals surface area (Å²) >= 11 is 0. The Hall–Kier alpha value is -0.370. The second-order valence-electron chi connectivity index (χ2n) is 2.57. The van der Waals surface area contributed by atoms with Crippen molar-refractivity contribution in [3.63, 3.8) is 0 Å². The van der Waals surface area contributed by atoms with E-state index in [1.54, 1.807) is 7.11 Å². The zero-order valence-electron chi connectivity index (χ0n) is 7.02. The molecule has 0 spiro atoms. The van der Waals surface area contributed by atoms with Gasteiger partial charge in [-0.25, -0.2) is 0 Å². The third-order valence-corrected chi connectivity index (χ3v) is 1.46. The smallest absolute Gasteiger partial charge is 0.137 e. The molecule has 10 heavy (non-hydrogen) atoms. The van der Waals surface area contributed by atoms with Crippen molar-refractivity contribution in [2.24, 2.45) is 5.92 Å². The fourth-order valence-corrected chi connectivity index (χ4v) is 0.836. The maximum absolute atomic E-state index is 11.1. The summed E-state index contributed by atoms with van der Waals surface area (Å²) in [6.07, 6.45) is 1.62. The molecule has 0 aliphatic carbocycles. The largest absolute Gasteiger partial charge is 0.384 e. The van der Waals surface area contributed by atoms with Crippen LogP contribution in [0.2, 0.25) is 0 Å². The van der Waals surface area contributed by atoms with Crippen LogP contribution in [-0.2, 0) is 9.53 Å². The zero-order chi connectivity index (χ0) is 7.98. The molecule has 0 fully saturated rings. The van der Waals surface area contributed by atoms with Crippen LogP contribution in [0, 0.1) is 5.92 Å². The Balaban J connectivity index is 3.49. The van der Waals surface area contributed by atoms with E-state index >= 15 is 0 Å². The van der Waals surface area contributed by atoms with Gasteiger partial charge in [0.1, 0.15) is 5.78 Å². The third-order valence-electron chi connectivity index (χ3n) is 1.46. The predicted octanol–water partition coefficient (Wildman–Crippen LogP) is 1.64. The molecule has 0 bridgehead atoms. The zero-order valence-corrected chi connectivity index (χ0v) is 7.02. The Morgan fingerprint density at radius 1 is 1.60 bits per heavy atom. The fourth-order valence-electron chi connectivity index (χ4n) is 0.836. The molecule has 60 valence electrons. The molecule has 1 atom stereocenters. The van der Waals surface area contributed by atoms with E-state index in [4.69, 9.17) is 4.74 Å².